The lowest BCUT2D eigenvalue weighted by atomic mass is 9.99. The molecule has 3 aromatic carbocycles. The van der Waals surface area contributed by atoms with E-state index in [0.717, 1.165) is 32.4 Å². The second-order valence-corrected chi connectivity index (χ2v) is 8.12. The summed E-state index contributed by atoms with van der Waals surface area (Å²) in [6, 6.07) is 24.3. The molecule has 170 valence electrons. The molecule has 0 spiro atoms. The maximum absolute atomic E-state index is 12.1. The molecule has 3 aromatic rings. The molecule has 0 radical (unpaired) electrons. The molecule has 4 rings (SSSR count). The minimum Gasteiger partial charge on any atom is -0.495 e. The lowest BCUT2D eigenvalue weighted by Gasteiger charge is -2.30. The van der Waals surface area contributed by atoms with Gasteiger partial charge >= 0.3 is 11.8 Å². The Balaban J connectivity index is 1.21. The number of anilines is 2. The van der Waals surface area contributed by atoms with Gasteiger partial charge in [0.2, 0.25) is 0 Å². The number of para-hydroxylation sites is 2. The van der Waals surface area contributed by atoms with Crippen molar-refractivity contribution < 1.29 is 14.3 Å². The van der Waals surface area contributed by atoms with Crippen LogP contribution < -0.4 is 20.3 Å². The van der Waals surface area contributed by atoms with Gasteiger partial charge in [-0.2, -0.15) is 0 Å². The number of aryl methyl sites for hydroxylation is 1. The molecule has 0 unspecified atom stereocenters. The fourth-order valence-electron chi connectivity index (χ4n) is 4.09. The van der Waals surface area contributed by atoms with E-state index < -0.39 is 11.8 Å². The second kappa shape index (κ2) is 10.7. The summed E-state index contributed by atoms with van der Waals surface area (Å²) in [7, 11) is 1.52. The average molecular weight is 444 g/mol. The number of fused-ring (bicyclic) bond motifs is 1. The van der Waals surface area contributed by atoms with Crippen molar-refractivity contribution in [1.29, 1.82) is 0 Å². The molecule has 33 heavy (non-hydrogen) atoms. The van der Waals surface area contributed by atoms with Crippen LogP contribution in [0, 0.1) is 0 Å². The van der Waals surface area contributed by atoms with Crippen molar-refractivity contribution >= 4 is 23.2 Å². The van der Waals surface area contributed by atoms with Crippen LogP contribution >= 0.6 is 0 Å². The van der Waals surface area contributed by atoms with E-state index >= 15 is 0 Å². The van der Waals surface area contributed by atoms with Crippen LogP contribution in [-0.2, 0) is 29.0 Å². The summed E-state index contributed by atoms with van der Waals surface area (Å²) >= 11 is 0. The molecule has 0 aliphatic carbocycles. The molecule has 6 heteroatoms. The van der Waals surface area contributed by atoms with Gasteiger partial charge in [0.05, 0.1) is 12.8 Å². The Morgan fingerprint density at radius 1 is 0.909 bits per heavy atom. The molecule has 1 aliphatic rings. The zero-order chi connectivity index (χ0) is 23.0. The van der Waals surface area contributed by atoms with E-state index in [-0.39, 0.29) is 0 Å². The highest BCUT2D eigenvalue weighted by atomic mass is 16.5. The van der Waals surface area contributed by atoms with Crippen LogP contribution in [0.15, 0.2) is 72.8 Å². The molecule has 1 heterocycles. The van der Waals surface area contributed by atoms with Crippen LogP contribution in [0.4, 0.5) is 11.4 Å². The molecule has 2 N–H and O–H groups in total. The Labute approximate surface area is 194 Å². The van der Waals surface area contributed by atoms with Gasteiger partial charge in [0, 0.05) is 25.3 Å². The van der Waals surface area contributed by atoms with Crippen LogP contribution in [0.3, 0.4) is 0 Å². The molecule has 0 fully saturated rings. The molecule has 1 aliphatic heterocycles. The third-order valence-electron chi connectivity index (χ3n) is 5.92. The number of amides is 2. The quantitative estimate of drug-likeness (QED) is 0.429. The first-order valence-corrected chi connectivity index (χ1v) is 11.3. The smallest absolute Gasteiger partial charge is 0.313 e. The van der Waals surface area contributed by atoms with Gasteiger partial charge in [-0.05, 0) is 60.2 Å². The average Bonchev–Trinajstić information content (AvgIpc) is 2.87. The van der Waals surface area contributed by atoms with E-state index in [9.17, 15) is 9.59 Å². The number of rotatable bonds is 7. The summed E-state index contributed by atoms with van der Waals surface area (Å²) in [6.45, 7) is 2.40. The molecular weight excluding hydrogens is 414 g/mol. The number of hydrogen-bond acceptors (Lipinski definition) is 4. The summed E-state index contributed by atoms with van der Waals surface area (Å²) in [6.07, 6.45) is 2.66. The van der Waals surface area contributed by atoms with Crippen molar-refractivity contribution in [1.82, 2.24) is 5.32 Å². The van der Waals surface area contributed by atoms with E-state index in [1.165, 1.54) is 29.5 Å². The summed E-state index contributed by atoms with van der Waals surface area (Å²) in [4.78, 5) is 26.6. The van der Waals surface area contributed by atoms with Crippen molar-refractivity contribution in [3.8, 4) is 5.75 Å². The number of methoxy groups -OCH3 is 1. The maximum atomic E-state index is 12.1. The Kier molecular flexibility index (Phi) is 7.25. The van der Waals surface area contributed by atoms with Gasteiger partial charge < -0.3 is 20.3 Å². The third-order valence-corrected chi connectivity index (χ3v) is 5.92. The van der Waals surface area contributed by atoms with Gasteiger partial charge in [0.1, 0.15) is 5.75 Å². The molecule has 0 saturated carbocycles. The van der Waals surface area contributed by atoms with Gasteiger partial charge in [0.15, 0.2) is 0 Å². The van der Waals surface area contributed by atoms with Crippen molar-refractivity contribution in [2.75, 3.05) is 30.4 Å². The van der Waals surface area contributed by atoms with Gasteiger partial charge in [-0.1, -0.05) is 48.5 Å². The topological polar surface area (TPSA) is 70.7 Å². The predicted molar refractivity (Wildman–Crippen MR) is 131 cm³/mol. The largest absolute Gasteiger partial charge is 0.495 e. The van der Waals surface area contributed by atoms with Crippen LogP contribution in [0.2, 0.25) is 0 Å². The predicted octanol–water partition coefficient (Wildman–Crippen LogP) is 3.95. The van der Waals surface area contributed by atoms with E-state index in [1.54, 1.807) is 24.3 Å². The minimum absolute atomic E-state index is 0.433. The number of hydrogen-bond donors (Lipinski definition) is 2. The Morgan fingerprint density at radius 2 is 1.64 bits per heavy atom. The highest BCUT2D eigenvalue weighted by Gasteiger charge is 2.16. The van der Waals surface area contributed by atoms with Crippen molar-refractivity contribution in [2.24, 2.45) is 0 Å². The summed E-state index contributed by atoms with van der Waals surface area (Å²) < 4.78 is 5.19. The fourth-order valence-corrected chi connectivity index (χ4v) is 4.09. The van der Waals surface area contributed by atoms with Crippen molar-refractivity contribution in [2.45, 2.75) is 25.8 Å². The summed E-state index contributed by atoms with van der Waals surface area (Å²) in [5.74, 6) is -0.843. The van der Waals surface area contributed by atoms with Gasteiger partial charge in [0.25, 0.3) is 0 Å². The van der Waals surface area contributed by atoms with E-state index in [2.05, 4.69) is 64.1 Å². The minimum atomic E-state index is -0.702. The zero-order valence-corrected chi connectivity index (χ0v) is 18.8. The Bertz CT molecular complexity index is 1110. The lowest BCUT2D eigenvalue weighted by Crippen LogP contribution is -2.36. The van der Waals surface area contributed by atoms with Gasteiger partial charge in [-0.15, -0.1) is 0 Å². The highest BCUT2D eigenvalue weighted by molar-refractivity contribution is 6.39. The van der Waals surface area contributed by atoms with Crippen molar-refractivity contribution in [3.63, 3.8) is 0 Å². The van der Waals surface area contributed by atoms with Gasteiger partial charge in [-0.25, -0.2) is 0 Å². The first kappa shape index (κ1) is 22.4. The molecular formula is C27H29N3O3. The summed E-state index contributed by atoms with van der Waals surface area (Å²) in [5.41, 5.74) is 5.76. The number of benzene rings is 3. The number of nitrogens with one attached hydrogen (secondary N) is 2. The molecule has 0 bridgehead atoms. The second-order valence-electron chi connectivity index (χ2n) is 8.12. The molecule has 0 saturated heterocycles. The zero-order valence-electron chi connectivity index (χ0n) is 18.8. The number of nitrogens with zero attached hydrogens (tertiary/aromatic N) is 1. The number of carbonyl (C=O) groups is 2. The van der Waals surface area contributed by atoms with E-state index in [1.807, 2.05) is 0 Å². The Hall–Kier alpha value is -3.80. The molecule has 0 atom stereocenters. The van der Waals surface area contributed by atoms with Crippen LogP contribution in [0.25, 0.3) is 0 Å². The molecule has 6 nitrogen and oxygen atoms in total. The Morgan fingerprint density at radius 3 is 2.42 bits per heavy atom. The standard InChI is InChI=1S/C27H29N3O3/c1-33-25-11-5-4-10-24(25)29-27(32)26(31)28-17-6-7-20-12-14-23(15-13-20)30-18-16-21-8-2-3-9-22(21)19-30/h2-5,8-15H,6-7,16-19H2,1H3,(H,28,31)(H,29,32). The third kappa shape index (κ3) is 5.71. The van der Waals surface area contributed by atoms with Gasteiger partial charge in [-0.3, -0.25) is 9.59 Å². The molecule has 0 aromatic heterocycles. The van der Waals surface area contributed by atoms with Crippen LogP contribution in [0.5, 0.6) is 5.75 Å². The van der Waals surface area contributed by atoms with Crippen LogP contribution in [-0.4, -0.2) is 32.0 Å². The SMILES string of the molecule is COc1ccccc1NC(=O)C(=O)NCCCc1ccc(N2CCc3ccccc3C2)cc1. The summed E-state index contributed by atoms with van der Waals surface area (Å²) in [5, 5.41) is 5.27. The maximum Gasteiger partial charge on any atom is 0.313 e. The monoisotopic (exact) mass is 443 g/mol. The normalized spacial score (nSPS) is 12.6. The fraction of sp³-hybridized carbons (Fsp3) is 0.259. The molecule has 2 amide bonds. The lowest BCUT2D eigenvalue weighted by molar-refractivity contribution is -0.136. The highest BCUT2D eigenvalue weighted by Crippen LogP contribution is 2.25. The van der Waals surface area contributed by atoms with Crippen molar-refractivity contribution in [3.05, 3.63) is 89.5 Å². The van der Waals surface area contributed by atoms with E-state index in [0.29, 0.717) is 18.0 Å². The first-order valence-electron chi connectivity index (χ1n) is 11.3. The van der Waals surface area contributed by atoms with Crippen LogP contribution in [0.1, 0.15) is 23.1 Å². The first-order chi connectivity index (χ1) is 16.1. The number of carbonyl (C=O) groups excluding carboxylic acids is 2. The van der Waals surface area contributed by atoms with E-state index in [4.69, 9.17) is 4.74 Å². The number of ether oxygens (including phenoxy) is 1.